The molecule has 1 amide bonds. The molecule has 0 spiro atoms. The van der Waals surface area contributed by atoms with E-state index in [2.05, 4.69) is 5.32 Å². The number of aliphatic carboxylic acids is 1. The Morgan fingerprint density at radius 2 is 2.19 bits per heavy atom. The maximum absolute atomic E-state index is 11.6. The highest BCUT2D eigenvalue weighted by molar-refractivity contribution is 5.79. The zero-order valence-corrected chi connectivity index (χ0v) is 12.3. The number of aryl methyl sites for hydroxylation is 1. The van der Waals surface area contributed by atoms with Crippen molar-refractivity contribution in [2.24, 2.45) is 0 Å². The quantitative estimate of drug-likeness (QED) is 0.860. The third-order valence-electron chi connectivity index (χ3n) is 2.59. The second-order valence-electron chi connectivity index (χ2n) is 5.52. The van der Waals surface area contributed by atoms with Crippen molar-refractivity contribution < 1.29 is 19.4 Å². The molecule has 0 aliphatic carbocycles. The molecule has 1 atom stereocenters. The van der Waals surface area contributed by atoms with E-state index >= 15 is 0 Å². The Bertz CT molecular complexity index is 551. The van der Waals surface area contributed by atoms with Gasteiger partial charge in [0, 0.05) is 12.7 Å². The number of carbonyl (C=O) groups excluding carboxylic acids is 1. The number of carboxylic acid groups (broad SMARTS) is 1. The molecule has 21 heavy (non-hydrogen) atoms. The lowest BCUT2D eigenvalue weighted by Gasteiger charge is -2.22. The van der Waals surface area contributed by atoms with Crippen LogP contribution in [0.15, 0.2) is 18.3 Å². The van der Waals surface area contributed by atoms with Crippen LogP contribution in [0, 0.1) is 11.3 Å². The maximum Gasteiger partial charge on any atom is 0.408 e. The van der Waals surface area contributed by atoms with Gasteiger partial charge in [-0.1, -0.05) is 0 Å². The van der Waals surface area contributed by atoms with E-state index in [-0.39, 0.29) is 6.42 Å². The molecule has 0 fully saturated rings. The Hall–Kier alpha value is -2.49. The first kappa shape index (κ1) is 16.6. The first-order valence-electron chi connectivity index (χ1n) is 6.50. The van der Waals surface area contributed by atoms with Gasteiger partial charge in [-0.15, -0.1) is 0 Å². The van der Waals surface area contributed by atoms with Crippen molar-refractivity contribution in [2.45, 2.75) is 45.4 Å². The molecule has 2 N–H and O–H groups in total. The Balaban J connectivity index is 2.61. The fourth-order valence-electron chi connectivity index (χ4n) is 1.69. The van der Waals surface area contributed by atoms with Crippen LogP contribution in [-0.4, -0.2) is 33.4 Å². The molecule has 1 rings (SSSR count). The summed E-state index contributed by atoms with van der Waals surface area (Å²) in [5.74, 6) is -1.15. The van der Waals surface area contributed by atoms with Crippen LogP contribution in [0.3, 0.4) is 0 Å². The highest BCUT2D eigenvalue weighted by atomic mass is 16.6. The van der Waals surface area contributed by atoms with E-state index < -0.39 is 23.7 Å². The summed E-state index contributed by atoms with van der Waals surface area (Å²) >= 11 is 0. The summed E-state index contributed by atoms with van der Waals surface area (Å²) in [5.41, 5.74) is -0.252. The molecule has 0 saturated carbocycles. The minimum atomic E-state index is -1.15. The van der Waals surface area contributed by atoms with Gasteiger partial charge in [-0.25, -0.2) is 9.59 Å². The van der Waals surface area contributed by atoms with Crippen molar-refractivity contribution in [3.8, 4) is 6.07 Å². The van der Waals surface area contributed by atoms with Crippen molar-refractivity contribution in [1.29, 1.82) is 5.26 Å². The van der Waals surface area contributed by atoms with E-state index in [1.54, 1.807) is 43.7 Å². The van der Waals surface area contributed by atoms with Gasteiger partial charge >= 0.3 is 12.1 Å². The number of ether oxygens (including phenoxy) is 1. The van der Waals surface area contributed by atoms with Crippen molar-refractivity contribution in [3.63, 3.8) is 0 Å². The SMILES string of the molecule is CC(C)(C)OC(=O)NC(CCn1cccc1C#N)C(=O)O. The van der Waals surface area contributed by atoms with Crippen LogP contribution in [-0.2, 0) is 16.1 Å². The number of amides is 1. The van der Waals surface area contributed by atoms with Crippen molar-refractivity contribution >= 4 is 12.1 Å². The number of carboxylic acids is 1. The molecule has 114 valence electrons. The van der Waals surface area contributed by atoms with Gasteiger partial charge < -0.3 is 19.7 Å². The van der Waals surface area contributed by atoms with Crippen LogP contribution < -0.4 is 5.32 Å². The molecule has 1 aromatic heterocycles. The first-order valence-corrected chi connectivity index (χ1v) is 6.50. The smallest absolute Gasteiger partial charge is 0.408 e. The average molecular weight is 293 g/mol. The molecule has 0 aliphatic heterocycles. The van der Waals surface area contributed by atoms with Gasteiger partial charge in [0.1, 0.15) is 23.4 Å². The topological polar surface area (TPSA) is 104 Å². The zero-order valence-electron chi connectivity index (χ0n) is 12.3. The number of hydrogen-bond donors (Lipinski definition) is 2. The van der Waals surface area contributed by atoms with Crippen LogP contribution in [0.5, 0.6) is 0 Å². The van der Waals surface area contributed by atoms with Gasteiger partial charge in [-0.3, -0.25) is 0 Å². The van der Waals surface area contributed by atoms with Crippen LogP contribution >= 0.6 is 0 Å². The molecular formula is C14H19N3O4. The first-order chi connectivity index (χ1) is 9.73. The Labute approximate surface area is 123 Å². The lowest BCUT2D eigenvalue weighted by Crippen LogP contribution is -2.44. The third kappa shape index (κ3) is 5.57. The van der Waals surface area contributed by atoms with Crippen LogP contribution in [0.4, 0.5) is 4.79 Å². The van der Waals surface area contributed by atoms with Gasteiger partial charge in [-0.05, 0) is 39.3 Å². The van der Waals surface area contributed by atoms with Crippen molar-refractivity contribution in [1.82, 2.24) is 9.88 Å². The summed E-state index contributed by atoms with van der Waals surface area (Å²) in [6.07, 6.45) is 1.06. The molecule has 1 unspecified atom stereocenters. The molecule has 7 heteroatoms. The largest absolute Gasteiger partial charge is 0.480 e. The third-order valence-corrected chi connectivity index (χ3v) is 2.59. The number of aromatic nitrogens is 1. The van der Waals surface area contributed by atoms with Crippen molar-refractivity contribution in [2.75, 3.05) is 0 Å². The predicted molar refractivity (Wildman–Crippen MR) is 74.6 cm³/mol. The molecule has 0 radical (unpaired) electrons. The molecule has 0 aliphatic rings. The monoisotopic (exact) mass is 293 g/mol. The van der Waals surface area contributed by atoms with Gasteiger partial charge in [0.2, 0.25) is 0 Å². The fourth-order valence-corrected chi connectivity index (χ4v) is 1.69. The summed E-state index contributed by atoms with van der Waals surface area (Å²) in [6, 6.07) is 4.27. The van der Waals surface area contributed by atoms with Gasteiger partial charge in [0.25, 0.3) is 0 Å². The summed E-state index contributed by atoms with van der Waals surface area (Å²) in [5, 5.41) is 20.3. The number of carbonyl (C=O) groups is 2. The number of rotatable bonds is 5. The van der Waals surface area contributed by atoms with E-state index in [0.29, 0.717) is 12.2 Å². The minimum absolute atomic E-state index is 0.151. The van der Waals surface area contributed by atoms with E-state index in [4.69, 9.17) is 15.1 Å². The minimum Gasteiger partial charge on any atom is -0.480 e. The maximum atomic E-state index is 11.6. The van der Waals surface area contributed by atoms with E-state index in [1.807, 2.05) is 6.07 Å². The fraction of sp³-hybridized carbons (Fsp3) is 0.500. The lowest BCUT2D eigenvalue weighted by molar-refractivity contribution is -0.139. The highest BCUT2D eigenvalue weighted by Gasteiger charge is 2.23. The second kappa shape index (κ2) is 6.79. The van der Waals surface area contributed by atoms with E-state index in [0.717, 1.165) is 0 Å². The molecule has 0 saturated heterocycles. The molecule has 1 aromatic rings. The van der Waals surface area contributed by atoms with Gasteiger partial charge in [0.15, 0.2) is 0 Å². The van der Waals surface area contributed by atoms with Crippen molar-refractivity contribution in [3.05, 3.63) is 24.0 Å². The summed E-state index contributed by atoms with van der Waals surface area (Å²) < 4.78 is 6.66. The normalized spacial score (nSPS) is 12.3. The van der Waals surface area contributed by atoms with E-state index in [1.165, 1.54) is 0 Å². The predicted octanol–water partition coefficient (Wildman–Crippen LogP) is 1.73. The van der Waals surface area contributed by atoms with Crippen LogP contribution in [0.2, 0.25) is 0 Å². The van der Waals surface area contributed by atoms with Gasteiger partial charge in [0.05, 0.1) is 0 Å². The standard InChI is InChI=1S/C14H19N3O4/c1-14(2,3)21-13(20)16-11(12(18)19)6-8-17-7-4-5-10(17)9-15/h4-5,7,11H,6,8H2,1-3H3,(H,16,20)(H,18,19). The Morgan fingerprint density at radius 1 is 1.52 bits per heavy atom. The summed E-state index contributed by atoms with van der Waals surface area (Å²) in [6.45, 7) is 5.40. The number of nitriles is 1. The molecule has 7 nitrogen and oxygen atoms in total. The number of alkyl carbamates (subject to hydrolysis) is 1. The second-order valence-corrected chi connectivity index (χ2v) is 5.52. The number of hydrogen-bond acceptors (Lipinski definition) is 4. The Morgan fingerprint density at radius 3 is 2.71 bits per heavy atom. The Kier molecular flexibility index (Phi) is 5.36. The lowest BCUT2D eigenvalue weighted by atomic mass is 10.2. The summed E-state index contributed by atoms with van der Waals surface area (Å²) in [4.78, 5) is 22.8. The van der Waals surface area contributed by atoms with Gasteiger partial charge in [-0.2, -0.15) is 5.26 Å². The molecule has 0 bridgehead atoms. The van der Waals surface area contributed by atoms with E-state index in [9.17, 15) is 9.59 Å². The zero-order chi connectivity index (χ0) is 16.0. The van der Waals surface area contributed by atoms with Crippen LogP contribution in [0.25, 0.3) is 0 Å². The average Bonchev–Trinajstić information content (AvgIpc) is 2.79. The molecular weight excluding hydrogens is 274 g/mol. The molecule has 0 aromatic carbocycles. The highest BCUT2D eigenvalue weighted by Crippen LogP contribution is 2.08. The number of nitrogens with zero attached hydrogens (tertiary/aromatic N) is 2. The molecule has 1 heterocycles. The summed E-state index contributed by atoms with van der Waals surface area (Å²) in [7, 11) is 0. The van der Waals surface area contributed by atoms with Crippen LogP contribution in [0.1, 0.15) is 32.9 Å². The number of nitrogens with one attached hydrogen (secondary N) is 1.